The summed E-state index contributed by atoms with van der Waals surface area (Å²) < 4.78 is 2.70. The van der Waals surface area contributed by atoms with Crippen LogP contribution < -0.4 is 27.2 Å². The first-order valence-electron chi connectivity index (χ1n) is 6.71. The maximum Gasteiger partial charge on any atom is 0.332 e. The molecule has 0 amide bonds. The molecule has 106 valence electrons. The molecule has 0 spiro atoms. The minimum atomic E-state index is -0.281. The second kappa shape index (κ2) is 5.58. The van der Waals surface area contributed by atoms with Crippen molar-refractivity contribution in [3.63, 3.8) is 0 Å². The predicted molar refractivity (Wildman–Crippen MR) is 71.9 cm³/mol. The van der Waals surface area contributed by atoms with Gasteiger partial charge in [-0.2, -0.15) is 0 Å². The number of hydrogen-bond donors (Lipinski definition) is 3. The molecule has 0 bridgehead atoms. The first kappa shape index (κ1) is 13.8. The highest BCUT2D eigenvalue weighted by molar-refractivity contribution is 5.43. The third-order valence-corrected chi connectivity index (χ3v) is 3.72. The fraction of sp³-hybridized carbons (Fsp3) is 0.667. The monoisotopic (exact) mass is 269 g/mol. The van der Waals surface area contributed by atoms with E-state index in [-0.39, 0.29) is 11.2 Å². The van der Waals surface area contributed by atoms with E-state index < -0.39 is 0 Å². The molecule has 5 N–H and O–H groups in total. The van der Waals surface area contributed by atoms with Crippen LogP contribution in [-0.4, -0.2) is 28.9 Å². The predicted octanol–water partition coefficient (Wildman–Crippen LogP) is -3.13. The lowest BCUT2D eigenvalue weighted by atomic mass is 10.2. The van der Waals surface area contributed by atoms with Crippen molar-refractivity contribution in [1.29, 1.82) is 0 Å². The molecule has 0 aliphatic carbocycles. The van der Waals surface area contributed by atoms with Crippen LogP contribution in [0.3, 0.4) is 0 Å². The molecule has 0 saturated heterocycles. The zero-order valence-electron chi connectivity index (χ0n) is 11.7. The van der Waals surface area contributed by atoms with Gasteiger partial charge in [-0.15, -0.1) is 0 Å². The van der Waals surface area contributed by atoms with E-state index in [2.05, 4.69) is 11.1 Å². The van der Waals surface area contributed by atoms with E-state index >= 15 is 0 Å². The molecule has 0 saturated carbocycles. The minimum Gasteiger partial charge on any atom is -0.358 e. The van der Waals surface area contributed by atoms with Crippen molar-refractivity contribution in [3.8, 4) is 0 Å². The van der Waals surface area contributed by atoms with Gasteiger partial charge < -0.3 is 16.0 Å². The van der Waals surface area contributed by atoms with Crippen molar-refractivity contribution in [2.75, 3.05) is 25.1 Å². The van der Waals surface area contributed by atoms with E-state index in [1.807, 2.05) is 0 Å². The Balaban J connectivity index is 2.26. The number of hydrogen-bond acceptors (Lipinski definition) is 3. The van der Waals surface area contributed by atoms with Gasteiger partial charge >= 0.3 is 5.69 Å². The van der Waals surface area contributed by atoms with Gasteiger partial charge in [0.25, 0.3) is 5.56 Å². The van der Waals surface area contributed by atoms with E-state index in [4.69, 9.17) is 0 Å². The van der Waals surface area contributed by atoms with Crippen LogP contribution in [0.4, 0.5) is 5.82 Å². The molecule has 0 fully saturated rings. The molecule has 1 aromatic heterocycles. The topological polar surface area (TPSA) is 88.1 Å². The van der Waals surface area contributed by atoms with Crippen molar-refractivity contribution in [2.45, 2.75) is 19.4 Å². The summed E-state index contributed by atoms with van der Waals surface area (Å²) in [4.78, 5) is 25.3. The number of aromatic nitrogens is 2. The van der Waals surface area contributed by atoms with Crippen LogP contribution in [0.15, 0.2) is 9.59 Å². The summed E-state index contributed by atoms with van der Waals surface area (Å²) in [6.07, 6.45) is 2.23. The fourth-order valence-electron chi connectivity index (χ4n) is 2.55. The Hall–Kier alpha value is -1.60. The van der Waals surface area contributed by atoms with Crippen LogP contribution in [0.1, 0.15) is 18.4 Å². The molecule has 2 heterocycles. The summed E-state index contributed by atoms with van der Waals surface area (Å²) in [6, 6.07) is 0. The molecule has 0 aromatic carbocycles. The third kappa shape index (κ3) is 2.57. The summed E-state index contributed by atoms with van der Waals surface area (Å²) in [5.41, 5.74) is 4.08. The Morgan fingerprint density at radius 2 is 2.00 bits per heavy atom. The molecule has 19 heavy (non-hydrogen) atoms. The summed E-state index contributed by atoms with van der Waals surface area (Å²) in [5, 5.41) is 3.21. The van der Waals surface area contributed by atoms with Crippen molar-refractivity contribution >= 4 is 5.82 Å². The quantitative estimate of drug-likeness (QED) is 0.505. The summed E-state index contributed by atoms with van der Waals surface area (Å²) in [5.74, 6) is 0.675. The molecular formula is C12H23N5O2+2. The maximum absolute atomic E-state index is 12.1. The molecule has 1 aromatic rings. The van der Waals surface area contributed by atoms with E-state index in [0.29, 0.717) is 17.9 Å². The fourth-order valence-corrected chi connectivity index (χ4v) is 2.55. The van der Waals surface area contributed by atoms with Crippen LogP contribution in [0, 0.1) is 0 Å². The smallest absolute Gasteiger partial charge is 0.332 e. The third-order valence-electron chi connectivity index (χ3n) is 3.72. The minimum absolute atomic E-state index is 0.181. The summed E-state index contributed by atoms with van der Waals surface area (Å²) in [6.45, 7) is 3.41. The van der Waals surface area contributed by atoms with Crippen LogP contribution in [0.5, 0.6) is 0 Å². The lowest BCUT2D eigenvalue weighted by Gasteiger charge is -2.27. The zero-order valence-corrected chi connectivity index (χ0v) is 11.7. The number of nitrogens with zero attached hydrogens (tertiary/aromatic N) is 2. The second-order valence-electron chi connectivity index (χ2n) is 5.12. The molecule has 1 aliphatic rings. The highest BCUT2D eigenvalue weighted by Gasteiger charge is 2.25. The summed E-state index contributed by atoms with van der Waals surface area (Å²) in [7, 11) is 3.23. The summed E-state index contributed by atoms with van der Waals surface area (Å²) >= 11 is 0. The number of anilines is 1. The van der Waals surface area contributed by atoms with Crippen LogP contribution in [0.25, 0.3) is 0 Å². The molecular weight excluding hydrogens is 246 g/mol. The Morgan fingerprint density at radius 1 is 1.26 bits per heavy atom. The van der Waals surface area contributed by atoms with Gasteiger partial charge in [-0.05, 0) is 0 Å². The normalized spacial score (nSPS) is 17.9. The Kier molecular flexibility index (Phi) is 4.06. The van der Waals surface area contributed by atoms with Crippen LogP contribution in [0.2, 0.25) is 0 Å². The molecule has 7 nitrogen and oxygen atoms in total. The average molecular weight is 269 g/mol. The molecule has 1 aliphatic heterocycles. The highest BCUT2D eigenvalue weighted by Crippen LogP contribution is 2.08. The first-order chi connectivity index (χ1) is 9.06. The zero-order chi connectivity index (χ0) is 14.0. The van der Waals surface area contributed by atoms with Gasteiger partial charge in [0.2, 0.25) is 0 Å². The lowest BCUT2D eigenvalue weighted by Crippen LogP contribution is -3.12. The molecule has 7 heteroatoms. The standard InChI is InChI=1S/C12H21N5O2/c1-15-10-9(11(18)16(2)12(15)19)7-17(8-14-10)6-4-3-5-13/h14H,3-8,13H2,1-2H3/p+2. The van der Waals surface area contributed by atoms with Crippen molar-refractivity contribution in [3.05, 3.63) is 26.4 Å². The number of unbranched alkanes of at least 4 members (excludes halogenated alkanes) is 1. The van der Waals surface area contributed by atoms with Gasteiger partial charge in [-0.3, -0.25) is 13.9 Å². The van der Waals surface area contributed by atoms with Gasteiger partial charge in [0.1, 0.15) is 17.9 Å². The Bertz CT molecular complexity index is 575. The number of nitrogens with one attached hydrogen (secondary N) is 2. The largest absolute Gasteiger partial charge is 0.358 e. The number of fused-ring (bicyclic) bond motifs is 1. The molecule has 1 unspecified atom stereocenters. The van der Waals surface area contributed by atoms with Gasteiger partial charge in [-0.25, -0.2) is 4.79 Å². The number of rotatable bonds is 4. The SMILES string of the molecule is Cn1c2c(c(=O)n(C)c1=O)C[NH+](CCCC[NH3+])CN2. The highest BCUT2D eigenvalue weighted by atomic mass is 16.2. The molecule has 0 radical (unpaired) electrons. The van der Waals surface area contributed by atoms with E-state index in [1.54, 1.807) is 7.05 Å². The van der Waals surface area contributed by atoms with Gasteiger partial charge in [-0.1, -0.05) is 0 Å². The van der Waals surface area contributed by atoms with Crippen molar-refractivity contribution < 1.29 is 10.6 Å². The molecule has 2 rings (SSSR count). The van der Waals surface area contributed by atoms with E-state index in [9.17, 15) is 9.59 Å². The molecule has 1 atom stereocenters. The second-order valence-corrected chi connectivity index (χ2v) is 5.12. The van der Waals surface area contributed by atoms with Gasteiger partial charge in [0.05, 0.1) is 13.1 Å². The van der Waals surface area contributed by atoms with Gasteiger partial charge in [0.15, 0.2) is 6.67 Å². The number of quaternary nitrogens is 2. The maximum atomic E-state index is 12.1. The Labute approximate surface area is 111 Å². The van der Waals surface area contributed by atoms with Gasteiger partial charge in [0, 0.05) is 26.9 Å². The van der Waals surface area contributed by atoms with Crippen molar-refractivity contribution in [1.82, 2.24) is 9.13 Å². The van der Waals surface area contributed by atoms with Crippen molar-refractivity contribution in [2.24, 2.45) is 14.1 Å². The van der Waals surface area contributed by atoms with E-state index in [0.717, 1.165) is 32.6 Å². The van der Waals surface area contributed by atoms with Crippen LogP contribution in [-0.2, 0) is 20.6 Å². The van der Waals surface area contributed by atoms with E-state index in [1.165, 1.54) is 21.1 Å². The Morgan fingerprint density at radius 3 is 2.68 bits per heavy atom. The average Bonchev–Trinajstić information content (AvgIpc) is 2.43. The lowest BCUT2D eigenvalue weighted by molar-refractivity contribution is -0.912. The first-order valence-corrected chi connectivity index (χ1v) is 6.71. The van der Waals surface area contributed by atoms with Crippen LogP contribution >= 0.6 is 0 Å².